The lowest BCUT2D eigenvalue weighted by molar-refractivity contribution is -0.121. The van der Waals surface area contributed by atoms with E-state index in [4.69, 9.17) is 11.6 Å². The van der Waals surface area contributed by atoms with Crippen LogP contribution in [0, 0.1) is 5.41 Å². The van der Waals surface area contributed by atoms with Crippen molar-refractivity contribution in [2.75, 3.05) is 5.75 Å². The zero-order valence-corrected chi connectivity index (χ0v) is 13.7. The molecule has 4 heteroatoms. The number of carbonyl (C=O) groups excluding carboxylic acids is 1. The molecule has 20 heavy (non-hydrogen) atoms. The molecule has 2 rings (SSSR count). The largest absolute Gasteiger partial charge is 0.353 e. The first kappa shape index (κ1) is 15.7. The molecule has 1 unspecified atom stereocenters. The van der Waals surface area contributed by atoms with E-state index >= 15 is 0 Å². The lowest BCUT2D eigenvalue weighted by atomic mass is 9.92. The first-order valence-electron chi connectivity index (χ1n) is 7.13. The van der Waals surface area contributed by atoms with Gasteiger partial charge in [0.15, 0.2) is 0 Å². The second-order valence-electron chi connectivity index (χ2n) is 6.20. The SMILES string of the molecule is CC1(C)CCC(NC(=O)CCSc2ccccc2Cl)C1. The highest BCUT2D eigenvalue weighted by atomic mass is 35.5. The topological polar surface area (TPSA) is 29.1 Å². The van der Waals surface area contributed by atoms with Gasteiger partial charge in [-0.05, 0) is 36.8 Å². The van der Waals surface area contributed by atoms with Crippen molar-refractivity contribution < 1.29 is 4.79 Å². The minimum atomic E-state index is 0.159. The van der Waals surface area contributed by atoms with Crippen molar-refractivity contribution in [1.29, 1.82) is 0 Å². The molecule has 0 aromatic heterocycles. The van der Waals surface area contributed by atoms with Gasteiger partial charge in [-0.2, -0.15) is 0 Å². The number of benzene rings is 1. The summed E-state index contributed by atoms with van der Waals surface area (Å²) >= 11 is 7.73. The van der Waals surface area contributed by atoms with E-state index in [0.29, 0.717) is 17.9 Å². The van der Waals surface area contributed by atoms with Gasteiger partial charge in [-0.15, -0.1) is 11.8 Å². The normalized spacial score (nSPS) is 20.9. The van der Waals surface area contributed by atoms with Crippen LogP contribution in [0.2, 0.25) is 5.02 Å². The number of thioether (sulfide) groups is 1. The Hall–Kier alpha value is -0.670. The summed E-state index contributed by atoms with van der Waals surface area (Å²) in [5, 5.41) is 3.91. The Labute approximate surface area is 130 Å². The standard InChI is InChI=1S/C16H22ClNOS/c1-16(2)9-7-12(11-16)18-15(19)8-10-20-14-6-4-3-5-13(14)17/h3-6,12H,7-11H2,1-2H3,(H,18,19). The number of hydrogen-bond acceptors (Lipinski definition) is 2. The molecule has 1 N–H and O–H groups in total. The van der Waals surface area contributed by atoms with Crippen LogP contribution in [-0.2, 0) is 4.79 Å². The molecule has 0 heterocycles. The highest BCUT2D eigenvalue weighted by Gasteiger charge is 2.31. The Morgan fingerprint density at radius 3 is 2.85 bits per heavy atom. The van der Waals surface area contributed by atoms with E-state index in [1.807, 2.05) is 24.3 Å². The Kier molecular flexibility index (Phi) is 5.39. The van der Waals surface area contributed by atoms with Crippen LogP contribution in [0.3, 0.4) is 0 Å². The van der Waals surface area contributed by atoms with Crippen molar-refractivity contribution in [3.05, 3.63) is 29.3 Å². The van der Waals surface area contributed by atoms with E-state index in [0.717, 1.165) is 28.5 Å². The minimum Gasteiger partial charge on any atom is -0.353 e. The fourth-order valence-corrected chi connectivity index (χ4v) is 3.86. The lowest BCUT2D eigenvalue weighted by Crippen LogP contribution is -2.33. The van der Waals surface area contributed by atoms with Crippen molar-refractivity contribution in [2.24, 2.45) is 5.41 Å². The Morgan fingerprint density at radius 1 is 1.45 bits per heavy atom. The smallest absolute Gasteiger partial charge is 0.221 e. The van der Waals surface area contributed by atoms with Crippen LogP contribution in [-0.4, -0.2) is 17.7 Å². The molecule has 1 amide bonds. The Morgan fingerprint density at radius 2 is 2.20 bits per heavy atom. The van der Waals surface area contributed by atoms with Gasteiger partial charge in [-0.1, -0.05) is 37.6 Å². The maximum absolute atomic E-state index is 11.9. The average molecular weight is 312 g/mol. The average Bonchev–Trinajstić information content (AvgIpc) is 2.71. The van der Waals surface area contributed by atoms with Crippen molar-refractivity contribution in [3.8, 4) is 0 Å². The van der Waals surface area contributed by atoms with Crippen molar-refractivity contribution >= 4 is 29.3 Å². The quantitative estimate of drug-likeness (QED) is 0.810. The van der Waals surface area contributed by atoms with Gasteiger partial charge in [0.25, 0.3) is 0 Å². The molecule has 0 aliphatic heterocycles. The number of rotatable bonds is 5. The third-order valence-corrected chi connectivity index (χ3v) is 5.27. The Balaban J connectivity index is 1.70. The summed E-state index contributed by atoms with van der Waals surface area (Å²) in [5.74, 6) is 0.929. The summed E-state index contributed by atoms with van der Waals surface area (Å²) < 4.78 is 0. The molecule has 0 saturated heterocycles. The molecule has 1 saturated carbocycles. The molecule has 1 atom stereocenters. The second kappa shape index (κ2) is 6.86. The highest BCUT2D eigenvalue weighted by molar-refractivity contribution is 7.99. The summed E-state index contributed by atoms with van der Waals surface area (Å²) in [6.07, 6.45) is 3.95. The highest BCUT2D eigenvalue weighted by Crippen LogP contribution is 2.37. The van der Waals surface area contributed by atoms with Gasteiger partial charge in [0.05, 0.1) is 5.02 Å². The van der Waals surface area contributed by atoms with Crippen LogP contribution in [0.15, 0.2) is 29.2 Å². The summed E-state index contributed by atoms with van der Waals surface area (Å²) in [5.41, 5.74) is 0.379. The number of carbonyl (C=O) groups is 1. The summed E-state index contributed by atoms with van der Waals surface area (Å²) in [4.78, 5) is 13.0. The molecular weight excluding hydrogens is 290 g/mol. The molecule has 0 radical (unpaired) electrons. The minimum absolute atomic E-state index is 0.159. The Bertz CT molecular complexity index is 475. The van der Waals surface area contributed by atoms with Crippen molar-refractivity contribution in [2.45, 2.75) is 50.5 Å². The zero-order valence-electron chi connectivity index (χ0n) is 12.1. The van der Waals surface area contributed by atoms with Gasteiger partial charge >= 0.3 is 0 Å². The molecule has 110 valence electrons. The van der Waals surface area contributed by atoms with E-state index in [9.17, 15) is 4.79 Å². The lowest BCUT2D eigenvalue weighted by Gasteiger charge is -2.17. The maximum Gasteiger partial charge on any atom is 0.221 e. The van der Waals surface area contributed by atoms with E-state index in [1.165, 1.54) is 6.42 Å². The van der Waals surface area contributed by atoms with Gasteiger partial charge in [-0.25, -0.2) is 0 Å². The zero-order chi connectivity index (χ0) is 14.6. The third-order valence-electron chi connectivity index (χ3n) is 3.76. The molecule has 0 spiro atoms. The van der Waals surface area contributed by atoms with E-state index in [2.05, 4.69) is 19.2 Å². The van der Waals surface area contributed by atoms with Crippen LogP contribution in [0.5, 0.6) is 0 Å². The predicted octanol–water partition coefficient (Wildman–Crippen LogP) is 4.52. The second-order valence-corrected chi connectivity index (χ2v) is 7.74. The molecule has 1 aromatic carbocycles. The van der Waals surface area contributed by atoms with Crippen LogP contribution < -0.4 is 5.32 Å². The van der Waals surface area contributed by atoms with Gasteiger partial charge in [0.2, 0.25) is 5.91 Å². The predicted molar refractivity (Wildman–Crippen MR) is 86.4 cm³/mol. The van der Waals surface area contributed by atoms with Crippen molar-refractivity contribution in [1.82, 2.24) is 5.32 Å². The van der Waals surface area contributed by atoms with Gasteiger partial charge in [0.1, 0.15) is 0 Å². The molecule has 1 aliphatic rings. The number of hydrogen-bond donors (Lipinski definition) is 1. The molecule has 1 aromatic rings. The van der Waals surface area contributed by atoms with E-state index in [1.54, 1.807) is 11.8 Å². The summed E-state index contributed by atoms with van der Waals surface area (Å²) in [7, 11) is 0. The van der Waals surface area contributed by atoms with Crippen molar-refractivity contribution in [3.63, 3.8) is 0 Å². The van der Waals surface area contributed by atoms with Crippen LogP contribution >= 0.6 is 23.4 Å². The molecule has 2 nitrogen and oxygen atoms in total. The summed E-state index contributed by atoms with van der Waals surface area (Å²) in [6.45, 7) is 4.54. The summed E-state index contributed by atoms with van der Waals surface area (Å²) in [6, 6.07) is 8.12. The molecular formula is C16H22ClNOS. The molecule has 1 aliphatic carbocycles. The van der Waals surface area contributed by atoms with E-state index in [-0.39, 0.29) is 5.91 Å². The molecule has 0 bridgehead atoms. The van der Waals surface area contributed by atoms with Gasteiger partial charge < -0.3 is 5.32 Å². The fraction of sp³-hybridized carbons (Fsp3) is 0.562. The monoisotopic (exact) mass is 311 g/mol. The van der Waals surface area contributed by atoms with Gasteiger partial charge in [0, 0.05) is 23.1 Å². The number of nitrogens with one attached hydrogen (secondary N) is 1. The van der Waals surface area contributed by atoms with Gasteiger partial charge in [-0.3, -0.25) is 4.79 Å². The fourth-order valence-electron chi connectivity index (χ4n) is 2.67. The molecule has 1 fully saturated rings. The maximum atomic E-state index is 11.9. The van der Waals surface area contributed by atoms with Crippen LogP contribution in [0.1, 0.15) is 39.5 Å². The number of amides is 1. The number of halogens is 1. The van der Waals surface area contributed by atoms with Crippen LogP contribution in [0.4, 0.5) is 0 Å². The van der Waals surface area contributed by atoms with Crippen LogP contribution in [0.25, 0.3) is 0 Å². The first-order valence-corrected chi connectivity index (χ1v) is 8.49. The van der Waals surface area contributed by atoms with E-state index < -0.39 is 0 Å². The third kappa shape index (κ3) is 4.71. The first-order chi connectivity index (χ1) is 9.46.